The highest BCUT2D eigenvalue weighted by Gasteiger charge is 2.50. The molecule has 0 aromatic heterocycles. The predicted octanol–water partition coefficient (Wildman–Crippen LogP) is 4.64. The summed E-state index contributed by atoms with van der Waals surface area (Å²) >= 11 is 0. The molecule has 2 unspecified atom stereocenters. The van der Waals surface area contributed by atoms with Crippen LogP contribution < -0.4 is 5.32 Å². The summed E-state index contributed by atoms with van der Waals surface area (Å²) in [5.74, 6) is 0.774. The summed E-state index contributed by atoms with van der Waals surface area (Å²) in [7, 11) is 0. The number of benzene rings is 2. The lowest BCUT2D eigenvalue weighted by atomic mass is 9.91. The van der Waals surface area contributed by atoms with Gasteiger partial charge in [-0.05, 0) is 64.6 Å². The molecule has 0 heterocycles. The van der Waals surface area contributed by atoms with Gasteiger partial charge in [-0.25, -0.2) is 0 Å². The second-order valence-electron chi connectivity index (χ2n) is 7.49. The van der Waals surface area contributed by atoms with Crippen molar-refractivity contribution >= 4 is 10.8 Å². The summed E-state index contributed by atoms with van der Waals surface area (Å²) in [6.45, 7) is 8.08. The van der Waals surface area contributed by atoms with Gasteiger partial charge in [0.1, 0.15) is 0 Å². The lowest BCUT2D eigenvalue weighted by molar-refractivity contribution is 0.425. The molecule has 21 heavy (non-hydrogen) atoms. The molecule has 0 amide bonds. The maximum atomic E-state index is 3.77. The van der Waals surface area contributed by atoms with E-state index in [1.165, 1.54) is 30.2 Å². The van der Waals surface area contributed by atoms with E-state index in [2.05, 4.69) is 56.4 Å². The van der Waals surface area contributed by atoms with Gasteiger partial charge in [0.15, 0.2) is 0 Å². The Hall–Kier alpha value is -1.34. The second-order valence-corrected chi connectivity index (χ2v) is 7.49. The summed E-state index contributed by atoms with van der Waals surface area (Å²) in [5, 5.41) is 6.82. The average Bonchev–Trinajstić information content (AvgIpc) is 2.91. The zero-order chi connectivity index (χ0) is 14.6. The van der Waals surface area contributed by atoms with Gasteiger partial charge in [0.25, 0.3) is 0 Å². The fourth-order valence-corrected chi connectivity index (χ4v) is 4.31. The summed E-state index contributed by atoms with van der Waals surface area (Å²) in [4.78, 5) is 0. The van der Waals surface area contributed by atoms with Crippen molar-refractivity contribution in [1.29, 1.82) is 0 Å². The molecule has 4 rings (SSSR count). The summed E-state index contributed by atoms with van der Waals surface area (Å²) in [6.07, 6.45) is 3.78. The number of hydrogen-bond acceptors (Lipinski definition) is 1. The molecular formula is C20H25N. The van der Waals surface area contributed by atoms with Crippen LogP contribution in [0.5, 0.6) is 0 Å². The fourth-order valence-electron chi connectivity index (χ4n) is 4.31. The molecule has 2 aliphatic rings. The third-order valence-corrected chi connectivity index (χ3v) is 5.66. The Bertz CT molecular complexity index is 688. The maximum Gasteiger partial charge on any atom is 0.0360 e. The van der Waals surface area contributed by atoms with Crippen molar-refractivity contribution < 1.29 is 0 Å². The average molecular weight is 279 g/mol. The van der Waals surface area contributed by atoms with Crippen molar-refractivity contribution in [2.24, 2.45) is 11.3 Å². The first kappa shape index (κ1) is 13.3. The number of rotatable bonds is 4. The second kappa shape index (κ2) is 4.58. The monoisotopic (exact) mass is 279 g/mol. The molecule has 110 valence electrons. The summed E-state index contributed by atoms with van der Waals surface area (Å²) in [6, 6.07) is 12.2. The maximum absolute atomic E-state index is 3.77. The largest absolute Gasteiger partial charge is 0.310 e. The predicted molar refractivity (Wildman–Crippen MR) is 89.7 cm³/mol. The molecule has 0 radical (unpaired) electrons. The first-order chi connectivity index (χ1) is 10.1. The number of aryl methyl sites for hydroxylation is 2. The van der Waals surface area contributed by atoms with Gasteiger partial charge in [-0.3, -0.25) is 0 Å². The lowest BCUT2D eigenvalue weighted by Crippen LogP contribution is -2.24. The van der Waals surface area contributed by atoms with E-state index in [1.807, 2.05) is 0 Å². The van der Waals surface area contributed by atoms with Crippen LogP contribution in [0.4, 0.5) is 0 Å². The molecule has 2 aromatic rings. The van der Waals surface area contributed by atoms with Gasteiger partial charge in [0.05, 0.1) is 0 Å². The van der Waals surface area contributed by atoms with E-state index in [9.17, 15) is 0 Å². The minimum Gasteiger partial charge on any atom is -0.310 e. The quantitative estimate of drug-likeness (QED) is 0.860. The van der Waals surface area contributed by atoms with E-state index in [0.717, 1.165) is 12.5 Å². The molecule has 0 saturated heterocycles. The Morgan fingerprint density at radius 2 is 1.86 bits per heavy atom. The lowest BCUT2D eigenvalue weighted by Gasteiger charge is -2.22. The molecule has 0 aliphatic heterocycles. The Balaban J connectivity index is 1.86. The van der Waals surface area contributed by atoms with Crippen LogP contribution in [0.1, 0.15) is 49.9 Å². The first-order valence-corrected chi connectivity index (χ1v) is 8.38. The molecule has 2 atom stereocenters. The summed E-state index contributed by atoms with van der Waals surface area (Å²) in [5.41, 5.74) is 5.12. The van der Waals surface area contributed by atoms with Crippen molar-refractivity contribution in [1.82, 2.24) is 5.32 Å². The standard InChI is InChI=1S/C20H25N/c1-4-21-19(17-12-20(17,2)3)16-11-10-14-9-8-13-6-5-7-15(16)18(13)14/h5-7,10-11,17,19,21H,4,8-9,12H2,1-3H3. The van der Waals surface area contributed by atoms with Crippen molar-refractivity contribution in [2.75, 3.05) is 6.54 Å². The van der Waals surface area contributed by atoms with Crippen LogP contribution in [0.25, 0.3) is 10.8 Å². The van der Waals surface area contributed by atoms with Gasteiger partial charge in [-0.2, -0.15) is 0 Å². The zero-order valence-corrected chi connectivity index (χ0v) is 13.4. The Labute approximate surface area is 127 Å². The van der Waals surface area contributed by atoms with Crippen LogP contribution in [-0.4, -0.2) is 6.54 Å². The number of nitrogens with one attached hydrogen (secondary N) is 1. The summed E-state index contributed by atoms with van der Waals surface area (Å²) < 4.78 is 0. The van der Waals surface area contributed by atoms with E-state index in [0.29, 0.717) is 11.5 Å². The van der Waals surface area contributed by atoms with Crippen LogP contribution >= 0.6 is 0 Å². The Kier molecular flexibility index (Phi) is 2.91. The SMILES string of the molecule is CCNC(c1ccc2c3c(cccc13)CC2)C1CC1(C)C. The van der Waals surface area contributed by atoms with Crippen LogP contribution in [0.3, 0.4) is 0 Å². The molecule has 0 bridgehead atoms. The fraction of sp³-hybridized carbons (Fsp3) is 0.500. The van der Waals surface area contributed by atoms with Crippen molar-refractivity contribution in [2.45, 2.75) is 46.1 Å². The molecule has 1 nitrogen and oxygen atoms in total. The highest BCUT2D eigenvalue weighted by molar-refractivity contribution is 5.93. The smallest absolute Gasteiger partial charge is 0.0360 e. The van der Waals surface area contributed by atoms with E-state index < -0.39 is 0 Å². The molecule has 2 aromatic carbocycles. The van der Waals surface area contributed by atoms with Gasteiger partial charge < -0.3 is 5.32 Å². The molecular weight excluding hydrogens is 254 g/mol. The molecule has 1 heteroatoms. The Morgan fingerprint density at radius 3 is 2.52 bits per heavy atom. The number of hydrogen-bond donors (Lipinski definition) is 1. The third-order valence-electron chi connectivity index (χ3n) is 5.66. The van der Waals surface area contributed by atoms with Gasteiger partial charge in [0, 0.05) is 6.04 Å². The van der Waals surface area contributed by atoms with Gasteiger partial charge in [0.2, 0.25) is 0 Å². The van der Waals surface area contributed by atoms with Crippen LogP contribution in [0.15, 0.2) is 30.3 Å². The van der Waals surface area contributed by atoms with Crippen molar-refractivity contribution in [3.8, 4) is 0 Å². The molecule has 0 spiro atoms. The molecule has 1 saturated carbocycles. The van der Waals surface area contributed by atoms with Crippen LogP contribution in [-0.2, 0) is 12.8 Å². The van der Waals surface area contributed by atoms with E-state index in [-0.39, 0.29) is 0 Å². The highest BCUT2D eigenvalue weighted by atomic mass is 14.9. The van der Waals surface area contributed by atoms with E-state index in [1.54, 1.807) is 16.5 Å². The van der Waals surface area contributed by atoms with E-state index in [4.69, 9.17) is 0 Å². The third kappa shape index (κ3) is 2.02. The van der Waals surface area contributed by atoms with E-state index >= 15 is 0 Å². The van der Waals surface area contributed by atoms with Gasteiger partial charge >= 0.3 is 0 Å². The Morgan fingerprint density at radius 1 is 1.14 bits per heavy atom. The van der Waals surface area contributed by atoms with Crippen molar-refractivity contribution in [3.63, 3.8) is 0 Å². The van der Waals surface area contributed by atoms with Crippen LogP contribution in [0, 0.1) is 11.3 Å². The van der Waals surface area contributed by atoms with Crippen LogP contribution in [0.2, 0.25) is 0 Å². The molecule has 2 aliphatic carbocycles. The first-order valence-electron chi connectivity index (χ1n) is 8.38. The van der Waals surface area contributed by atoms with Gasteiger partial charge in [-0.1, -0.05) is 51.1 Å². The molecule has 1 N–H and O–H groups in total. The topological polar surface area (TPSA) is 12.0 Å². The minimum atomic E-state index is 0.496. The zero-order valence-electron chi connectivity index (χ0n) is 13.4. The minimum absolute atomic E-state index is 0.496. The molecule has 1 fully saturated rings. The van der Waals surface area contributed by atoms with Crippen molar-refractivity contribution in [3.05, 3.63) is 47.0 Å². The highest BCUT2D eigenvalue weighted by Crippen LogP contribution is 2.58. The van der Waals surface area contributed by atoms with Gasteiger partial charge in [-0.15, -0.1) is 0 Å². The normalized spacial score (nSPS) is 23.5.